The summed E-state index contributed by atoms with van der Waals surface area (Å²) in [6.45, 7) is 8.41. The van der Waals surface area contributed by atoms with Gasteiger partial charge in [-0.15, -0.1) is 0 Å². The van der Waals surface area contributed by atoms with E-state index in [9.17, 15) is 15.2 Å². The number of carbonyl (C=O) groups excluding carboxylic acids is 1. The zero-order chi connectivity index (χ0) is 24.0. The van der Waals surface area contributed by atoms with Gasteiger partial charge in [0.1, 0.15) is 11.9 Å². The SMILES string of the molecule is C=N/C(=C\C=C(/C)O[C@@H]1CCN(c2cnc(N(C)CC(C)O)c(C#N)c2)C1=O)OCC1CC1. The molecule has 2 aliphatic rings. The zero-order valence-electron chi connectivity index (χ0n) is 19.4. The summed E-state index contributed by atoms with van der Waals surface area (Å²) >= 11 is 0. The fourth-order valence-electron chi connectivity index (χ4n) is 3.57. The van der Waals surface area contributed by atoms with Crippen LogP contribution in [-0.2, 0) is 14.3 Å². The molecule has 1 amide bonds. The van der Waals surface area contributed by atoms with E-state index in [1.165, 1.54) is 12.8 Å². The van der Waals surface area contributed by atoms with Crippen LogP contribution in [0.2, 0.25) is 0 Å². The van der Waals surface area contributed by atoms with E-state index in [0.717, 1.165) is 0 Å². The minimum absolute atomic E-state index is 0.186. The molecule has 0 bridgehead atoms. The number of aliphatic hydroxyl groups excluding tert-OH is 1. The number of pyridine rings is 1. The molecule has 9 nitrogen and oxygen atoms in total. The third-order valence-electron chi connectivity index (χ3n) is 5.45. The Labute approximate surface area is 194 Å². The lowest BCUT2D eigenvalue weighted by molar-refractivity contribution is -0.125. The minimum Gasteiger partial charge on any atom is -0.485 e. The third-order valence-corrected chi connectivity index (χ3v) is 5.45. The molecule has 1 N–H and O–H groups in total. The molecule has 3 rings (SSSR count). The Morgan fingerprint density at radius 1 is 1.48 bits per heavy atom. The molecule has 1 aromatic rings. The van der Waals surface area contributed by atoms with Gasteiger partial charge in [-0.2, -0.15) is 5.26 Å². The highest BCUT2D eigenvalue weighted by Gasteiger charge is 2.35. The van der Waals surface area contributed by atoms with E-state index >= 15 is 0 Å². The molecule has 1 aromatic heterocycles. The van der Waals surface area contributed by atoms with Gasteiger partial charge in [0.25, 0.3) is 5.91 Å². The maximum absolute atomic E-state index is 12.9. The number of hydrogen-bond donors (Lipinski definition) is 1. The third kappa shape index (κ3) is 6.56. The first-order valence-corrected chi connectivity index (χ1v) is 11.1. The van der Waals surface area contributed by atoms with Crippen LogP contribution in [-0.4, -0.2) is 61.7 Å². The molecular formula is C24H31N5O4. The molecule has 0 aromatic carbocycles. The molecule has 0 radical (unpaired) electrons. The van der Waals surface area contributed by atoms with Crippen LogP contribution < -0.4 is 9.80 Å². The summed E-state index contributed by atoms with van der Waals surface area (Å²) in [6.07, 6.45) is 6.69. The summed E-state index contributed by atoms with van der Waals surface area (Å²) in [6, 6.07) is 3.77. The molecule has 1 saturated carbocycles. The first-order chi connectivity index (χ1) is 15.8. The molecule has 2 fully saturated rings. The van der Waals surface area contributed by atoms with Crippen LogP contribution in [0.5, 0.6) is 0 Å². The number of aliphatic imine (C=N–C) groups is 1. The Morgan fingerprint density at radius 3 is 2.88 bits per heavy atom. The average molecular weight is 454 g/mol. The Hall–Kier alpha value is -3.38. The molecule has 1 saturated heterocycles. The van der Waals surface area contributed by atoms with Crippen LogP contribution in [0.4, 0.5) is 11.5 Å². The lowest BCUT2D eigenvalue weighted by Gasteiger charge is -2.22. The normalized spacial score (nSPS) is 19.8. The number of amides is 1. The van der Waals surface area contributed by atoms with Crippen LogP contribution in [0.25, 0.3) is 0 Å². The standard InChI is InChI=1S/C24H31N5O4/c1-16(30)14-28(4)23-19(12-25)11-20(13-27-23)29-10-9-21(24(29)31)33-17(2)5-8-22(26-3)32-15-18-6-7-18/h5,8,11,13,16,18,21,30H,3,6-7,9-10,14-15H2,1-2,4H3/b17-5+,22-8+/t16?,21-/m1/s1. The number of hydrogen-bond acceptors (Lipinski definition) is 8. The van der Waals surface area contributed by atoms with Gasteiger partial charge < -0.3 is 24.4 Å². The highest BCUT2D eigenvalue weighted by Crippen LogP contribution is 2.30. The van der Waals surface area contributed by atoms with Crippen LogP contribution in [0.3, 0.4) is 0 Å². The number of allylic oxidation sites excluding steroid dienone is 3. The summed E-state index contributed by atoms with van der Waals surface area (Å²) < 4.78 is 11.5. The molecule has 1 unspecified atom stereocenters. The van der Waals surface area contributed by atoms with E-state index in [2.05, 4.69) is 22.8 Å². The van der Waals surface area contributed by atoms with Gasteiger partial charge in [-0.25, -0.2) is 9.98 Å². The molecule has 176 valence electrons. The van der Waals surface area contributed by atoms with Gasteiger partial charge in [0.2, 0.25) is 5.88 Å². The minimum atomic E-state index is -0.620. The van der Waals surface area contributed by atoms with Crippen molar-refractivity contribution in [2.75, 3.05) is 36.5 Å². The quantitative estimate of drug-likeness (QED) is 0.311. The molecule has 1 aliphatic carbocycles. The van der Waals surface area contributed by atoms with Crippen LogP contribution in [0, 0.1) is 17.2 Å². The fraction of sp³-hybridized carbons (Fsp3) is 0.500. The van der Waals surface area contributed by atoms with E-state index in [4.69, 9.17) is 9.47 Å². The number of anilines is 2. The van der Waals surface area contributed by atoms with Crippen molar-refractivity contribution in [2.24, 2.45) is 10.9 Å². The molecule has 9 heteroatoms. The predicted octanol–water partition coefficient (Wildman–Crippen LogP) is 2.76. The van der Waals surface area contributed by atoms with E-state index in [1.807, 2.05) is 0 Å². The second-order valence-electron chi connectivity index (χ2n) is 8.49. The van der Waals surface area contributed by atoms with Gasteiger partial charge in [-0.3, -0.25) is 4.79 Å². The number of ether oxygens (including phenoxy) is 2. The number of rotatable bonds is 11. The Kier molecular flexibility index (Phi) is 8.06. The van der Waals surface area contributed by atoms with Crippen molar-refractivity contribution >= 4 is 24.1 Å². The number of carbonyl (C=O) groups is 1. The van der Waals surface area contributed by atoms with Crippen molar-refractivity contribution in [3.63, 3.8) is 0 Å². The number of nitriles is 1. The van der Waals surface area contributed by atoms with E-state index in [1.54, 1.807) is 55.1 Å². The maximum Gasteiger partial charge on any atom is 0.268 e. The average Bonchev–Trinajstić information content (AvgIpc) is 3.55. The molecular weight excluding hydrogens is 422 g/mol. The highest BCUT2D eigenvalue weighted by atomic mass is 16.5. The van der Waals surface area contributed by atoms with Gasteiger partial charge in [-0.1, -0.05) is 0 Å². The van der Waals surface area contributed by atoms with E-state index in [0.29, 0.717) is 60.7 Å². The number of aliphatic hydroxyl groups is 1. The van der Waals surface area contributed by atoms with Crippen molar-refractivity contribution in [3.05, 3.63) is 41.6 Å². The first kappa shape index (κ1) is 24.3. The van der Waals surface area contributed by atoms with Crippen molar-refractivity contribution in [1.82, 2.24) is 4.98 Å². The number of aromatic nitrogens is 1. The van der Waals surface area contributed by atoms with Gasteiger partial charge in [0, 0.05) is 32.6 Å². The lowest BCUT2D eigenvalue weighted by atomic mass is 10.2. The summed E-state index contributed by atoms with van der Waals surface area (Å²) in [5.74, 6) is 1.89. The Bertz CT molecular complexity index is 978. The fourth-order valence-corrected chi connectivity index (χ4v) is 3.57. The van der Waals surface area contributed by atoms with Gasteiger partial charge in [0.05, 0.1) is 35.9 Å². The first-order valence-electron chi connectivity index (χ1n) is 11.1. The molecule has 2 atom stereocenters. The van der Waals surface area contributed by atoms with Gasteiger partial charge in [0.15, 0.2) is 6.10 Å². The number of likely N-dealkylation sites (N-methyl/N-ethyl adjacent to an activating group) is 1. The molecule has 2 heterocycles. The second kappa shape index (κ2) is 11.0. The van der Waals surface area contributed by atoms with Crippen molar-refractivity contribution in [1.29, 1.82) is 5.26 Å². The summed E-state index contributed by atoms with van der Waals surface area (Å²) in [7, 11) is 1.76. The van der Waals surface area contributed by atoms with Gasteiger partial charge >= 0.3 is 0 Å². The summed E-state index contributed by atoms with van der Waals surface area (Å²) in [5, 5.41) is 19.2. The Balaban J connectivity index is 1.64. The summed E-state index contributed by atoms with van der Waals surface area (Å²) in [4.78, 5) is 24.5. The molecule has 0 spiro atoms. The topological polar surface area (TPSA) is 111 Å². The van der Waals surface area contributed by atoms with Crippen LogP contribution >= 0.6 is 0 Å². The summed E-state index contributed by atoms with van der Waals surface area (Å²) in [5.41, 5.74) is 0.884. The smallest absolute Gasteiger partial charge is 0.268 e. The predicted molar refractivity (Wildman–Crippen MR) is 126 cm³/mol. The zero-order valence-corrected chi connectivity index (χ0v) is 19.4. The van der Waals surface area contributed by atoms with Crippen LogP contribution in [0.1, 0.15) is 38.7 Å². The molecule has 1 aliphatic heterocycles. The Morgan fingerprint density at radius 2 is 2.24 bits per heavy atom. The van der Waals surface area contributed by atoms with E-state index in [-0.39, 0.29) is 5.91 Å². The molecule has 33 heavy (non-hydrogen) atoms. The van der Waals surface area contributed by atoms with Crippen molar-refractivity contribution in [3.8, 4) is 6.07 Å². The van der Waals surface area contributed by atoms with Crippen molar-refractivity contribution in [2.45, 2.75) is 45.3 Å². The van der Waals surface area contributed by atoms with Gasteiger partial charge in [-0.05, 0) is 51.5 Å². The van der Waals surface area contributed by atoms with E-state index < -0.39 is 12.2 Å². The van der Waals surface area contributed by atoms with Crippen molar-refractivity contribution < 1.29 is 19.4 Å². The van der Waals surface area contributed by atoms with Crippen LogP contribution in [0.15, 0.2) is 41.0 Å². The lowest BCUT2D eigenvalue weighted by Crippen LogP contribution is -2.31. The largest absolute Gasteiger partial charge is 0.485 e. The highest BCUT2D eigenvalue weighted by molar-refractivity contribution is 5.99. The monoisotopic (exact) mass is 453 g/mol. The second-order valence-corrected chi connectivity index (χ2v) is 8.49. The maximum atomic E-state index is 12.9. The number of nitrogens with zero attached hydrogens (tertiary/aromatic N) is 5.